The summed E-state index contributed by atoms with van der Waals surface area (Å²) in [6, 6.07) is 8.55. The number of hydrogen-bond acceptors (Lipinski definition) is 5. The average molecular weight is 435 g/mol. The second-order valence-corrected chi connectivity index (χ2v) is 8.48. The first-order chi connectivity index (χ1) is 14.2. The van der Waals surface area contributed by atoms with Crippen molar-refractivity contribution in [3.63, 3.8) is 0 Å². The van der Waals surface area contributed by atoms with Gasteiger partial charge in [-0.3, -0.25) is 9.59 Å². The molecule has 30 heavy (non-hydrogen) atoms. The number of ether oxygens (including phenoxy) is 1. The number of sulfonamides is 1. The lowest BCUT2D eigenvalue weighted by molar-refractivity contribution is -0.118. The van der Waals surface area contributed by atoms with Gasteiger partial charge in [0.15, 0.2) is 0 Å². The Morgan fingerprint density at radius 2 is 1.97 bits per heavy atom. The lowest BCUT2D eigenvalue weighted by atomic mass is 10.2. The Hall–Kier alpha value is -2.98. The number of nitrogens with zero attached hydrogens (tertiary/aromatic N) is 1. The summed E-state index contributed by atoms with van der Waals surface area (Å²) in [5, 5.41) is 2.59. The molecule has 1 saturated heterocycles. The summed E-state index contributed by atoms with van der Waals surface area (Å²) in [6.45, 7) is 1.94. The third-order valence-corrected chi connectivity index (χ3v) is 6.24. The van der Waals surface area contributed by atoms with Gasteiger partial charge in [-0.05, 0) is 37.6 Å². The molecule has 160 valence electrons. The molecular weight excluding hydrogens is 413 g/mol. The number of benzene rings is 2. The van der Waals surface area contributed by atoms with Crippen LogP contribution in [0.15, 0.2) is 47.4 Å². The third kappa shape index (κ3) is 4.60. The number of anilines is 2. The second-order valence-electron chi connectivity index (χ2n) is 6.80. The van der Waals surface area contributed by atoms with E-state index in [9.17, 15) is 22.4 Å². The Morgan fingerprint density at radius 3 is 2.60 bits per heavy atom. The number of carbonyl (C=O) groups is 2. The topological polar surface area (TPSA) is 105 Å². The first-order valence-corrected chi connectivity index (χ1v) is 10.8. The van der Waals surface area contributed by atoms with Crippen LogP contribution in [0.3, 0.4) is 0 Å². The van der Waals surface area contributed by atoms with E-state index in [-0.39, 0.29) is 5.91 Å². The number of nitrogens with one attached hydrogen (secondary N) is 2. The summed E-state index contributed by atoms with van der Waals surface area (Å²) in [4.78, 5) is 25.5. The molecule has 2 aromatic rings. The molecule has 0 saturated carbocycles. The summed E-state index contributed by atoms with van der Waals surface area (Å²) >= 11 is 0. The molecule has 10 heteroatoms. The van der Waals surface area contributed by atoms with Crippen molar-refractivity contribution in [2.24, 2.45) is 0 Å². The van der Waals surface area contributed by atoms with Gasteiger partial charge in [-0.25, -0.2) is 12.8 Å². The van der Waals surface area contributed by atoms with Crippen LogP contribution in [0.5, 0.6) is 5.75 Å². The van der Waals surface area contributed by atoms with Gasteiger partial charge in [0, 0.05) is 24.7 Å². The van der Waals surface area contributed by atoms with E-state index in [4.69, 9.17) is 4.74 Å². The average Bonchev–Trinajstić information content (AvgIpc) is 3.13. The minimum Gasteiger partial charge on any atom is -0.494 e. The molecule has 0 aliphatic carbocycles. The zero-order valence-electron chi connectivity index (χ0n) is 16.5. The summed E-state index contributed by atoms with van der Waals surface area (Å²) in [6.07, 6.45) is 1.24. The Morgan fingerprint density at radius 1 is 1.23 bits per heavy atom. The van der Waals surface area contributed by atoms with Gasteiger partial charge in [-0.2, -0.15) is 4.72 Å². The molecule has 2 aromatic carbocycles. The van der Waals surface area contributed by atoms with Gasteiger partial charge < -0.3 is 15.0 Å². The van der Waals surface area contributed by atoms with E-state index in [0.717, 1.165) is 18.6 Å². The van der Waals surface area contributed by atoms with Crippen LogP contribution in [0.25, 0.3) is 0 Å². The Bertz CT molecular complexity index is 1070. The van der Waals surface area contributed by atoms with Crippen LogP contribution in [-0.4, -0.2) is 39.9 Å². The smallest absolute Gasteiger partial charge is 0.244 e. The van der Waals surface area contributed by atoms with Crippen molar-refractivity contribution in [2.45, 2.75) is 30.7 Å². The largest absolute Gasteiger partial charge is 0.494 e. The van der Waals surface area contributed by atoms with Crippen LogP contribution in [-0.2, 0) is 19.6 Å². The van der Waals surface area contributed by atoms with E-state index in [2.05, 4.69) is 10.0 Å². The standard InChI is InChI=1S/C20H22FN3O5S/c1-13(23-30(27,28)18-7-4-3-6-15(18)21)20(26)22-14-9-10-16(17(12-14)29-2)24-11-5-8-19(24)25/h3-4,6-7,9-10,12-13,23H,5,8,11H2,1-2H3,(H,22,26)/t13-/m0/s1. The second kappa shape index (κ2) is 8.80. The monoisotopic (exact) mass is 435 g/mol. The minimum atomic E-state index is -4.22. The molecule has 1 aliphatic heterocycles. The number of hydrogen-bond donors (Lipinski definition) is 2. The number of methoxy groups -OCH3 is 1. The van der Waals surface area contributed by atoms with Gasteiger partial charge in [0.05, 0.1) is 18.8 Å². The van der Waals surface area contributed by atoms with Gasteiger partial charge in [-0.1, -0.05) is 12.1 Å². The zero-order valence-corrected chi connectivity index (χ0v) is 17.3. The maximum Gasteiger partial charge on any atom is 0.244 e. The number of halogens is 1. The maximum atomic E-state index is 13.8. The summed E-state index contributed by atoms with van der Waals surface area (Å²) < 4.78 is 46.0. The van der Waals surface area contributed by atoms with E-state index >= 15 is 0 Å². The summed E-state index contributed by atoms with van der Waals surface area (Å²) in [5.74, 6) is -1.14. The lowest BCUT2D eigenvalue weighted by Gasteiger charge is -2.20. The maximum absolute atomic E-state index is 13.8. The number of amides is 2. The first kappa shape index (κ1) is 21.7. The first-order valence-electron chi connectivity index (χ1n) is 9.29. The molecular formula is C20H22FN3O5S. The van der Waals surface area contributed by atoms with Gasteiger partial charge in [0.1, 0.15) is 16.5 Å². The van der Waals surface area contributed by atoms with Crippen LogP contribution in [0.4, 0.5) is 15.8 Å². The molecule has 0 unspecified atom stereocenters. The van der Waals surface area contributed by atoms with E-state index in [1.54, 1.807) is 23.1 Å². The molecule has 0 radical (unpaired) electrons. The summed E-state index contributed by atoms with van der Waals surface area (Å²) in [5.41, 5.74) is 0.968. The normalized spacial score (nSPS) is 15.2. The van der Waals surface area contributed by atoms with Crippen LogP contribution in [0.2, 0.25) is 0 Å². The van der Waals surface area contributed by atoms with Gasteiger partial charge in [0.2, 0.25) is 21.8 Å². The minimum absolute atomic E-state index is 0.00117. The Kier molecular flexibility index (Phi) is 6.37. The molecule has 3 rings (SSSR count). The van der Waals surface area contributed by atoms with Crippen molar-refractivity contribution in [1.82, 2.24) is 4.72 Å². The van der Waals surface area contributed by atoms with Crippen molar-refractivity contribution in [3.05, 3.63) is 48.3 Å². The molecule has 2 amide bonds. The van der Waals surface area contributed by atoms with Crippen LogP contribution in [0.1, 0.15) is 19.8 Å². The molecule has 1 atom stereocenters. The van der Waals surface area contributed by atoms with Crippen LogP contribution >= 0.6 is 0 Å². The predicted molar refractivity (Wildman–Crippen MR) is 109 cm³/mol. The summed E-state index contributed by atoms with van der Waals surface area (Å²) in [7, 11) is -2.76. The molecule has 1 fully saturated rings. The Labute approximate surface area is 174 Å². The molecule has 1 aliphatic rings. The molecule has 0 aromatic heterocycles. The van der Waals surface area contributed by atoms with Gasteiger partial charge in [0.25, 0.3) is 0 Å². The highest BCUT2D eigenvalue weighted by Gasteiger charge is 2.26. The van der Waals surface area contributed by atoms with Crippen molar-refractivity contribution in [1.29, 1.82) is 0 Å². The van der Waals surface area contributed by atoms with Crippen molar-refractivity contribution in [2.75, 3.05) is 23.9 Å². The zero-order chi connectivity index (χ0) is 21.9. The van der Waals surface area contributed by atoms with Crippen LogP contribution in [0, 0.1) is 5.82 Å². The SMILES string of the molecule is COc1cc(NC(=O)[C@H](C)NS(=O)(=O)c2ccccc2F)ccc1N1CCCC1=O. The van der Waals surface area contributed by atoms with Gasteiger partial charge in [-0.15, -0.1) is 0 Å². The highest BCUT2D eigenvalue weighted by Crippen LogP contribution is 2.33. The van der Waals surface area contributed by atoms with Crippen molar-refractivity contribution in [3.8, 4) is 5.75 Å². The molecule has 0 bridgehead atoms. The Balaban J connectivity index is 1.72. The highest BCUT2D eigenvalue weighted by molar-refractivity contribution is 7.89. The van der Waals surface area contributed by atoms with Crippen LogP contribution < -0.4 is 19.7 Å². The highest BCUT2D eigenvalue weighted by atomic mass is 32.2. The molecule has 2 N–H and O–H groups in total. The molecule has 1 heterocycles. The van der Waals surface area contributed by atoms with E-state index < -0.39 is 32.7 Å². The lowest BCUT2D eigenvalue weighted by Crippen LogP contribution is -2.41. The molecule has 0 spiro atoms. The quantitative estimate of drug-likeness (QED) is 0.694. The van der Waals surface area contributed by atoms with E-state index in [1.165, 1.54) is 26.2 Å². The fourth-order valence-corrected chi connectivity index (χ4v) is 4.43. The fourth-order valence-electron chi connectivity index (χ4n) is 3.14. The van der Waals surface area contributed by atoms with Crippen molar-refractivity contribution < 1.29 is 27.1 Å². The van der Waals surface area contributed by atoms with E-state index in [1.807, 2.05) is 0 Å². The third-order valence-electron chi connectivity index (χ3n) is 4.66. The fraction of sp³-hybridized carbons (Fsp3) is 0.300. The predicted octanol–water partition coefficient (Wildman–Crippen LogP) is 2.27. The van der Waals surface area contributed by atoms with Crippen molar-refractivity contribution >= 4 is 33.2 Å². The van der Waals surface area contributed by atoms with Gasteiger partial charge >= 0.3 is 0 Å². The number of carbonyl (C=O) groups excluding carboxylic acids is 2. The number of rotatable bonds is 7. The van der Waals surface area contributed by atoms with E-state index in [0.29, 0.717) is 30.1 Å². The molecule has 8 nitrogen and oxygen atoms in total.